The first-order chi connectivity index (χ1) is 7.63. The molecule has 1 atom stereocenters. The van der Waals surface area contributed by atoms with Gasteiger partial charge in [-0.1, -0.05) is 25.5 Å². The average molecular weight is 258 g/mol. The van der Waals surface area contributed by atoms with Crippen molar-refractivity contribution in [3.63, 3.8) is 0 Å². The van der Waals surface area contributed by atoms with Crippen molar-refractivity contribution < 1.29 is 4.74 Å². The van der Waals surface area contributed by atoms with E-state index in [2.05, 4.69) is 35.2 Å². The average Bonchev–Trinajstić information content (AvgIpc) is 2.26. The van der Waals surface area contributed by atoms with Crippen molar-refractivity contribution in [3.05, 3.63) is 23.9 Å². The van der Waals surface area contributed by atoms with Crippen molar-refractivity contribution in [2.45, 2.75) is 32.8 Å². The Morgan fingerprint density at radius 2 is 2.25 bits per heavy atom. The van der Waals surface area contributed by atoms with Crippen molar-refractivity contribution in [1.29, 1.82) is 0 Å². The first-order valence-electron chi connectivity index (χ1n) is 5.29. The molecule has 90 valence electrons. The molecule has 0 bridgehead atoms. The summed E-state index contributed by atoms with van der Waals surface area (Å²) in [7, 11) is 1.29. The van der Waals surface area contributed by atoms with E-state index in [9.17, 15) is 0 Å². The number of hydrogen-bond acceptors (Lipinski definition) is 5. The summed E-state index contributed by atoms with van der Waals surface area (Å²) < 4.78 is 8.72. The van der Waals surface area contributed by atoms with Crippen molar-refractivity contribution in [2.24, 2.45) is 0 Å². The molecule has 0 saturated carbocycles. The van der Waals surface area contributed by atoms with Crippen molar-refractivity contribution >= 4 is 22.6 Å². The number of nitrogens with zero attached hydrogens (tertiary/aromatic N) is 1. The molecule has 16 heavy (non-hydrogen) atoms. The molecule has 0 aliphatic rings. The van der Waals surface area contributed by atoms with Gasteiger partial charge in [-0.05, 0) is 35.5 Å². The molecule has 1 aromatic heterocycles. The van der Waals surface area contributed by atoms with Gasteiger partial charge in [-0.2, -0.15) is 0 Å². The van der Waals surface area contributed by atoms with Gasteiger partial charge in [-0.3, -0.25) is 4.72 Å². The normalized spacial score (nSPS) is 12.8. The molecular formula is C11H18N2OS2. The van der Waals surface area contributed by atoms with Crippen LogP contribution in [0.3, 0.4) is 0 Å². The highest BCUT2D eigenvalue weighted by atomic mass is 33.1. The maximum Gasteiger partial charge on any atom is 0.213 e. The van der Waals surface area contributed by atoms with Crippen LogP contribution in [-0.2, 0) is 0 Å². The van der Waals surface area contributed by atoms with Crippen molar-refractivity contribution in [3.8, 4) is 5.88 Å². The van der Waals surface area contributed by atoms with Crippen LogP contribution in [0.4, 0.5) is 0 Å². The molecule has 0 saturated heterocycles. The van der Waals surface area contributed by atoms with Crippen molar-refractivity contribution in [2.75, 3.05) is 6.54 Å². The molecule has 0 fully saturated rings. The number of nitrogens with one attached hydrogen (secondary N) is 1. The Labute approximate surface area is 106 Å². The highest BCUT2D eigenvalue weighted by Gasteiger charge is 2.06. The first-order valence-corrected chi connectivity index (χ1v) is 7.16. The van der Waals surface area contributed by atoms with Gasteiger partial charge in [0.2, 0.25) is 5.88 Å². The minimum Gasteiger partial charge on any atom is -0.473 e. The predicted octanol–water partition coefficient (Wildman–Crippen LogP) is 3.05. The summed E-state index contributed by atoms with van der Waals surface area (Å²) in [6.07, 6.45) is 1.87. The van der Waals surface area contributed by atoms with Gasteiger partial charge >= 0.3 is 0 Å². The van der Waals surface area contributed by atoms with Gasteiger partial charge in [-0.25, -0.2) is 4.98 Å². The zero-order valence-corrected chi connectivity index (χ0v) is 11.5. The van der Waals surface area contributed by atoms with E-state index in [4.69, 9.17) is 4.74 Å². The zero-order valence-electron chi connectivity index (χ0n) is 9.80. The van der Waals surface area contributed by atoms with E-state index in [-0.39, 0.29) is 6.10 Å². The fraction of sp³-hybridized carbons (Fsp3) is 0.545. The first kappa shape index (κ1) is 13.7. The van der Waals surface area contributed by atoms with E-state index < -0.39 is 0 Å². The Morgan fingerprint density at radius 1 is 1.50 bits per heavy atom. The van der Waals surface area contributed by atoms with Crippen molar-refractivity contribution in [1.82, 2.24) is 9.71 Å². The van der Waals surface area contributed by atoms with Crippen LogP contribution in [0.25, 0.3) is 0 Å². The molecule has 0 spiro atoms. The van der Waals surface area contributed by atoms with Crippen LogP contribution < -0.4 is 9.46 Å². The van der Waals surface area contributed by atoms with Crippen LogP contribution in [0.1, 0.15) is 32.3 Å². The monoisotopic (exact) mass is 258 g/mol. The summed E-state index contributed by atoms with van der Waals surface area (Å²) in [6, 6.07) is 4.01. The minimum absolute atomic E-state index is 0.0783. The lowest BCUT2D eigenvalue weighted by Gasteiger charge is -2.14. The molecule has 1 rings (SSSR count). The van der Waals surface area contributed by atoms with Crippen LogP contribution >= 0.6 is 22.6 Å². The van der Waals surface area contributed by atoms with Crippen LogP contribution in [0.2, 0.25) is 0 Å². The van der Waals surface area contributed by atoms with E-state index in [0.29, 0.717) is 11.8 Å². The number of thiol groups is 1. The van der Waals surface area contributed by atoms with E-state index in [1.165, 1.54) is 16.5 Å². The third-order valence-electron chi connectivity index (χ3n) is 2.18. The van der Waals surface area contributed by atoms with E-state index >= 15 is 0 Å². The molecule has 1 aromatic rings. The standard InChI is InChI=1S/C11H18N2OS2/c1-8(2)10-4-5-12-11(6-10)14-9(3)7-13-16-15/h4-6,8-9,13,15H,7H2,1-3H3/t9-/m0/s1. The number of rotatable bonds is 6. The fourth-order valence-corrected chi connectivity index (χ4v) is 1.78. The molecule has 0 aromatic carbocycles. The van der Waals surface area contributed by atoms with Gasteiger partial charge in [0.1, 0.15) is 6.10 Å². The molecule has 1 N–H and O–H groups in total. The quantitative estimate of drug-likeness (QED) is 0.467. The largest absolute Gasteiger partial charge is 0.473 e. The number of aromatic nitrogens is 1. The Kier molecular flexibility index (Phi) is 6.01. The van der Waals surface area contributed by atoms with Gasteiger partial charge < -0.3 is 4.74 Å². The molecular weight excluding hydrogens is 240 g/mol. The minimum atomic E-state index is 0.0783. The van der Waals surface area contributed by atoms with Gasteiger partial charge in [0.05, 0.1) is 0 Å². The molecule has 5 heteroatoms. The summed E-state index contributed by atoms with van der Waals surface area (Å²) >= 11 is 4.00. The number of hydrogen-bond donors (Lipinski definition) is 2. The van der Waals surface area contributed by atoms with Gasteiger partial charge in [0.25, 0.3) is 0 Å². The summed E-state index contributed by atoms with van der Waals surface area (Å²) in [5.41, 5.74) is 1.24. The number of ether oxygens (including phenoxy) is 1. The highest BCUT2D eigenvalue weighted by molar-refractivity contribution is 8.67. The molecule has 0 radical (unpaired) electrons. The Balaban J connectivity index is 2.56. The number of pyridine rings is 1. The molecule has 1 heterocycles. The summed E-state index contributed by atoms with van der Waals surface area (Å²) in [5.74, 6) is 1.18. The second kappa shape index (κ2) is 7.04. The smallest absolute Gasteiger partial charge is 0.213 e. The summed E-state index contributed by atoms with van der Waals surface area (Å²) in [6.45, 7) is 7.05. The van der Waals surface area contributed by atoms with Crippen LogP contribution in [0.5, 0.6) is 5.88 Å². The lowest BCUT2D eigenvalue weighted by molar-refractivity contribution is 0.217. The summed E-state index contributed by atoms with van der Waals surface area (Å²) in [4.78, 5) is 4.19. The predicted molar refractivity (Wildman–Crippen MR) is 73.0 cm³/mol. The third-order valence-corrected chi connectivity index (χ3v) is 2.87. The second-order valence-electron chi connectivity index (χ2n) is 3.95. The SMILES string of the molecule is CC(C)c1ccnc(O[C@@H](C)CNSS)c1. The maximum absolute atomic E-state index is 5.69. The van der Waals surface area contributed by atoms with E-state index in [1.807, 2.05) is 19.1 Å². The maximum atomic E-state index is 5.69. The van der Waals surface area contributed by atoms with E-state index in [0.717, 1.165) is 6.54 Å². The second-order valence-corrected chi connectivity index (χ2v) is 4.97. The zero-order chi connectivity index (χ0) is 12.0. The van der Waals surface area contributed by atoms with Crippen LogP contribution in [0.15, 0.2) is 18.3 Å². The highest BCUT2D eigenvalue weighted by Crippen LogP contribution is 2.18. The van der Waals surface area contributed by atoms with Gasteiger partial charge in [0.15, 0.2) is 0 Å². The topological polar surface area (TPSA) is 34.1 Å². The Bertz CT molecular complexity index is 321. The van der Waals surface area contributed by atoms with Crippen LogP contribution in [-0.4, -0.2) is 17.6 Å². The Morgan fingerprint density at radius 3 is 2.88 bits per heavy atom. The van der Waals surface area contributed by atoms with Gasteiger partial charge in [-0.15, -0.1) is 0 Å². The Hall–Kier alpha value is -0.390. The van der Waals surface area contributed by atoms with E-state index in [1.54, 1.807) is 6.20 Å². The van der Waals surface area contributed by atoms with Gasteiger partial charge in [0, 0.05) is 18.8 Å². The third kappa shape index (κ3) is 4.63. The lowest BCUT2D eigenvalue weighted by Crippen LogP contribution is -2.24. The molecule has 0 aliphatic carbocycles. The van der Waals surface area contributed by atoms with Crippen LogP contribution in [0, 0.1) is 0 Å². The molecule has 0 unspecified atom stereocenters. The molecule has 3 nitrogen and oxygen atoms in total. The lowest BCUT2D eigenvalue weighted by atomic mass is 10.1. The molecule has 0 aliphatic heterocycles. The summed E-state index contributed by atoms with van der Waals surface area (Å²) in [5, 5.41) is 0. The molecule has 0 amide bonds. The fourth-order valence-electron chi connectivity index (χ4n) is 1.25.